The predicted octanol–water partition coefficient (Wildman–Crippen LogP) is 4.64. The number of likely N-dealkylation sites (tertiary alicyclic amines) is 1. The first-order valence-corrected chi connectivity index (χ1v) is 14.3. The van der Waals surface area contributed by atoms with Crippen LogP contribution in [0.1, 0.15) is 75.5 Å². The van der Waals surface area contributed by atoms with Crippen molar-refractivity contribution in [3.05, 3.63) is 53.5 Å². The number of aromatic nitrogens is 1. The summed E-state index contributed by atoms with van der Waals surface area (Å²) < 4.78 is 13.9. The summed E-state index contributed by atoms with van der Waals surface area (Å²) in [5.74, 6) is 0.695. The monoisotopic (exact) mass is 521 g/mol. The van der Waals surface area contributed by atoms with Gasteiger partial charge < -0.3 is 20.4 Å². The number of benzene rings is 1. The van der Waals surface area contributed by atoms with Gasteiger partial charge in [-0.05, 0) is 99.9 Å². The maximum absolute atomic E-state index is 14.1. The maximum atomic E-state index is 14.1. The van der Waals surface area contributed by atoms with Gasteiger partial charge in [0.1, 0.15) is 17.7 Å². The minimum Gasteiger partial charge on any atom is -0.343 e. The molecule has 1 saturated heterocycles. The van der Waals surface area contributed by atoms with Crippen molar-refractivity contribution in [3.8, 4) is 0 Å². The largest absolute Gasteiger partial charge is 0.343 e. The Labute approximate surface area is 225 Å². The Kier molecular flexibility index (Phi) is 8.27. The number of carbonyl (C=O) groups excluding carboxylic acids is 2. The van der Waals surface area contributed by atoms with Gasteiger partial charge in [-0.1, -0.05) is 19.3 Å². The van der Waals surface area contributed by atoms with Gasteiger partial charge in [-0.2, -0.15) is 0 Å². The Bertz CT molecular complexity index is 1150. The number of nitrogens with one attached hydrogen (secondary N) is 2. The van der Waals surface area contributed by atoms with Crippen molar-refractivity contribution >= 4 is 23.3 Å². The van der Waals surface area contributed by atoms with E-state index >= 15 is 0 Å². The molecule has 38 heavy (non-hydrogen) atoms. The van der Waals surface area contributed by atoms with Gasteiger partial charge in [-0.3, -0.25) is 9.59 Å². The van der Waals surface area contributed by atoms with Crippen LogP contribution in [0.25, 0.3) is 0 Å². The first kappa shape index (κ1) is 26.6. The summed E-state index contributed by atoms with van der Waals surface area (Å²) in [6, 6.07) is 8.17. The summed E-state index contributed by atoms with van der Waals surface area (Å²) in [5.41, 5.74) is 3.07. The molecular formula is C30H40FN5O2. The molecule has 0 spiro atoms. The molecular weight excluding hydrogens is 481 g/mol. The highest BCUT2D eigenvalue weighted by molar-refractivity contribution is 5.90. The summed E-state index contributed by atoms with van der Waals surface area (Å²) in [6.07, 6.45) is 10.8. The molecule has 0 bridgehead atoms. The Hall–Kier alpha value is -3.00. The number of carbonyl (C=O) groups is 2. The average molecular weight is 522 g/mol. The summed E-state index contributed by atoms with van der Waals surface area (Å²) >= 11 is 0. The van der Waals surface area contributed by atoms with Gasteiger partial charge in [0.15, 0.2) is 0 Å². The number of hydrogen-bond donors (Lipinski definition) is 2. The van der Waals surface area contributed by atoms with Gasteiger partial charge in [-0.15, -0.1) is 0 Å². The van der Waals surface area contributed by atoms with Gasteiger partial charge >= 0.3 is 0 Å². The topological polar surface area (TPSA) is 77.6 Å². The van der Waals surface area contributed by atoms with Crippen LogP contribution in [0.4, 0.5) is 15.9 Å². The number of amides is 2. The van der Waals surface area contributed by atoms with Crippen molar-refractivity contribution < 1.29 is 14.0 Å². The van der Waals surface area contributed by atoms with E-state index in [0.717, 1.165) is 80.5 Å². The van der Waals surface area contributed by atoms with Crippen molar-refractivity contribution in [1.82, 2.24) is 20.5 Å². The number of fused-ring (bicyclic) bond motifs is 1. The number of aryl methyl sites for hydroxylation is 1. The van der Waals surface area contributed by atoms with Crippen LogP contribution in [0.2, 0.25) is 0 Å². The molecule has 3 heterocycles. The molecule has 2 aliphatic heterocycles. The zero-order chi connectivity index (χ0) is 26.6. The van der Waals surface area contributed by atoms with Crippen LogP contribution in [0.5, 0.6) is 0 Å². The molecule has 1 aromatic carbocycles. The number of rotatable bonds is 7. The summed E-state index contributed by atoms with van der Waals surface area (Å²) in [4.78, 5) is 35.8. The molecule has 1 saturated carbocycles. The average Bonchev–Trinajstić information content (AvgIpc) is 3.45. The number of halogens is 1. The number of pyridine rings is 1. The Morgan fingerprint density at radius 1 is 1.03 bits per heavy atom. The fourth-order valence-corrected chi connectivity index (χ4v) is 6.41. The van der Waals surface area contributed by atoms with Gasteiger partial charge in [0.2, 0.25) is 11.8 Å². The van der Waals surface area contributed by atoms with Crippen LogP contribution in [-0.4, -0.2) is 53.9 Å². The highest BCUT2D eigenvalue weighted by atomic mass is 19.1. The second-order valence-electron chi connectivity index (χ2n) is 11.1. The highest BCUT2D eigenvalue weighted by Crippen LogP contribution is 2.38. The van der Waals surface area contributed by atoms with E-state index in [0.29, 0.717) is 6.54 Å². The third-order valence-electron chi connectivity index (χ3n) is 8.64. The van der Waals surface area contributed by atoms with Crippen LogP contribution in [-0.2, 0) is 16.0 Å². The van der Waals surface area contributed by atoms with E-state index in [-0.39, 0.29) is 35.6 Å². The van der Waals surface area contributed by atoms with Crippen LogP contribution >= 0.6 is 0 Å². The van der Waals surface area contributed by atoms with Crippen LogP contribution < -0.4 is 15.5 Å². The van der Waals surface area contributed by atoms with E-state index in [4.69, 9.17) is 0 Å². The van der Waals surface area contributed by atoms with Crippen molar-refractivity contribution in [1.29, 1.82) is 0 Å². The lowest BCUT2D eigenvalue weighted by Gasteiger charge is -2.36. The van der Waals surface area contributed by atoms with Crippen LogP contribution in [0.15, 0.2) is 36.5 Å². The van der Waals surface area contributed by atoms with E-state index in [1.807, 2.05) is 30.2 Å². The van der Waals surface area contributed by atoms with Gasteiger partial charge in [-0.25, -0.2) is 9.37 Å². The molecule has 0 radical (unpaired) electrons. The zero-order valence-electron chi connectivity index (χ0n) is 22.6. The Morgan fingerprint density at radius 2 is 1.84 bits per heavy atom. The second-order valence-corrected chi connectivity index (χ2v) is 11.1. The summed E-state index contributed by atoms with van der Waals surface area (Å²) in [6.45, 7) is 3.33. The predicted molar refractivity (Wildman–Crippen MR) is 147 cm³/mol. The number of hydrogen-bond acceptors (Lipinski definition) is 5. The van der Waals surface area contributed by atoms with Gasteiger partial charge in [0.25, 0.3) is 0 Å². The molecule has 1 aromatic heterocycles. The third-order valence-corrected chi connectivity index (χ3v) is 8.64. The van der Waals surface area contributed by atoms with Crippen molar-refractivity contribution in [2.45, 2.75) is 82.8 Å². The molecule has 1 aliphatic carbocycles. The number of anilines is 2. The lowest BCUT2D eigenvalue weighted by Crippen LogP contribution is -2.55. The molecule has 5 rings (SSSR count). The number of likely N-dealkylation sites (N-methyl/N-ethyl adjacent to an activating group) is 1. The van der Waals surface area contributed by atoms with Crippen molar-refractivity contribution in [3.63, 3.8) is 0 Å². The van der Waals surface area contributed by atoms with Crippen LogP contribution in [0, 0.1) is 11.7 Å². The first-order chi connectivity index (χ1) is 18.5. The first-order valence-electron chi connectivity index (χ1n) is 14.3. The standard InChI is InChI=1S/C30H40FN5O2/c1-20(32-2)29(37)34-28(21-8-4-3-5-9-21)30(38)36-17-7-11-25(36)23-14-15-33-27(19-23)35-16-6-10-22-18-24(31)12-13-26(22)35/h12-15,18-21,25,28,32H,3-11,16-17H2,1-2H3,(H,34,37)/t20?,25?,28-/m0/s1. The zero-order valence-corrected chi connectivity index (χ0v) is 22.6. The van der Waals surface area contributed by atoms with Crippen molar-refractivity contribution in [2.24, 2.45) is 5.92 Å². The molecule has 3 aliphatic rings. The number of nitrogens with zero attached hydrogens (tertiary/aromatic N) is 3. The van der Waals surface area contributed by atoms with E-state index in [9.17, 15) is 14.0 Å². The second kappa shape index (κ2) is 11.8. The fourth-order valence-electron chi connectivity index (χ4n) is 6.41. The lowest BCUT2D eigenvalue weighted by molar-refractivity contribution is -0.139. The normalized spacial score (nSPS) is 21.6. The van der Waals surface area contributed by atoms with Gasteiger partial charge in [0.05, 0.1) is 12.1 Å². The van der Waals surface area contributed by atoms with E-state index in [1.54, 1.807) is 13.1 Å². The maximum Gasteiger partial charge on any atom is 0.245 e. The quantitative estimate of drug-likeness (QED) is 0.555. The SMILES string of the molecule is CNC(C)C(=O)N[C@H](C(=O)N1CCCC1c1ccnc(N2CCCc3cc(F)ccc32)c1)C1CCCCC1. The molecule has 2 aromatic rings. The lowest BCUT2D eigenvalue weighted by atomic mass is 9.83. The fraction of sp³-hybridized carbons (Fsp3) is 0.567. The Morgan fingerprint density at radius 3 is 2.63 bits per heavy atom. The molecule has 3 atom stereocenters. The minimum absolute atomic E-state index is 0.0354. The molecule has 2 N–H and O–H groups in total. The minimum atomic E-state index is -0.496. The molecule has 2 unspecified atom stereocenters. The molecule has 2 amide bonds. The summed E-state index contributed by atoms with van der Waals surface area (Å²) in [5, 5.41) is 6.12. The molecule has 7 nitrogen and oxygen atoms in total. The smallest absolute Gasteiger partial charge is 0.245 e. The molecule has 204 valence electrons. The molecule has 2 fully saturated rings. The van der Waals surface area contributed by atoms with Crippen molar-refractivity contribution in [2.75, 3.05) is 25.0 Å². The molecule has 8 heteroatoms. The Balaban J connectivity index is 1.39. The van der Waals surface area contributed by atoms with E-state index in [2.05, 4.69) is 26.6 Å². The van der Waals surface area contributed by atoms with Crippen LogP contribution in [0.3, 0.4) is 0 Å². The van der Waals surface area contributed by atoms with E-state index < -0.39 is 6.04 Å². The van der Waals surface area contributed by atoms with Gasteiger partial charge in [0, 0.05) is 25.0 Å². The summed E-state index contributed by atoms with van der Waals surface area (Å²) in [7, 11) is 1.76. The third kappa shape index (κ3) is 5.55. The van der Waals surface area contributed by atoms with E-state index in [1.165, 1.54) is 12.5 Å². The highest BCUT2D eigenvalue weighted by Gasteiger charge is 2.39.